The molecule has 1 heterocycles. The fourth-order valence-electron chi connectivity index (χ4n) is 4.65. The van der Waals surface area contributed by atoms with Crippen LogP contribution in [-0.2, 0) is 11.2 Å². The minimum Gasteiger partial charge on any atom is -0.490 e. The van der Waals surface area contributed by atoms with Crippen molar-refractivity contribution in [2.45, 2.75) is 44.2 Å². The lowest BCUT2D eigenvalue weighted by molar-refractivity contribution is -0.139. The van der Waals surface area contributed by atoms with Gasteiger partial charge in [-0.15, -0.1) is 0 Å². The van der Waals surface area contributed by atoms with Crippen LogP contribution in [0, 0.1) is 0 Å². The molecule has 4 aromatic rings. The van der Waals surface area contributed by atoms with E-state index in [4.69, 9.17) is 4.74 Å². The standard InChI is InChI=1S/C30H28N2O4/c33-29(27-18-23-14-15-26(17-24(23)19-31-27)36-25-8-4-5-9-25)32-28(30(34)35)16-20-10-12-22(13-11-20)21-6-2-1-3-7-21/h1-3,6-7,10-15,17-19,25,28H,4-5,8-9,16H2,(H,32,33)(H,34,35)/t28-/m0/s1. The van der Waals surface area contributed by atoms with Crippen molar-refractivity contribution in [3.05, 3.63) is 96.3 Å². The van der Waals surface area contributed by atoms with Gasteiger partial charge in [-0.3, -0.25) is 9.78 Å². The van der Waals surface area contributed by atoms with Gasteiger partial charge in [-0.1, -0.05) is 60.7 Å². The van der Waals surface area contributed by atoms with Crippen molar-refractivity contribution in [1.29, 1.82) is 0 Å². The van der Waals surface area contributed by atoms with E-state index in [1.54, 1.807) is 12.3 Å². The molecule has 0 radical (unpaired) electrons. The van der Waals surface area contributed by atoms with Crippen LogP contribution in [0.25, 0.3) is 21.9 Å². The molecule has 6 heteroatoms. The van der Waals surface area contributed by atoms with Crippen LogP contribution in [0.1, 0.15) is 41.7 Å². The molecular formula is C30H28N2O4. The molecule has 0 bridgehead atoms. The molecule has 0 unspecified atom stereocenters. The summed E-state index contributed by atoms with van der Waals surface area (Å²) in [6.45, 7) is 0. The largest absolute Gasteiger partial charge is 0.490 e. The van der Waals surface area contributed by atoms with Crippen LogP contribution < -0.4 is 10.1 Å². The Morgan fingerprint density at radius 2 is 1.64 bits per heavy atom. The first-order valence-electron chi connectivity index (χ1n) is 12.3. The van der Waals surface area contributed by atoms with E-state index in [0.717, 1.165) is 46.1 Å². The molecule has 2 N–H and O–H groups in total. The Morgan fingerprint density at radius 1 is 0.917 bits per heavy atom. The van der Waals surface area contributed by atoms with Gasteiger partial charge in [0, 0.05) is 18.0 Å². The zero-order valence-corrected chi connectivity index (χ0v) is 19.9. The number of hydrogen-bond donors (Lipinski definition) is 2. The monoisotopic (exact) mass is 480 g/mol. The van der Waals surface area contributed by atoms with Crippen molar-refractivity contribution in [1.82, 2.24) is 10.3 Å². The Labute approximate surface area is 210 Å². The number of aliphatic carboxylic acids is 1. The lowest BCUT2D eigenvalue weighted by Gasteiger charge is -2.15. The third kappa shape index (κ3) is 5.54. The first kappa shape index (κ1) is 23.5. The highest BCUT2D eigenvalue weighted by Gasteiger charge is 2.22. The van der Waals surface area contributed by atoms with E-state index in [-0.39, 0.29) is 18.2 Å². The average molecular weight is 481 g/mol. The molecule has 1 aliphatic carbocycles. The van der Waals surface area contributed by atoms with Gasteiger partial charge in [0.2, 0.25) is 0 Å². The van der Waals surface area contributed by atoms with Crippen LogP contribution in [0.4, 0.5) is 0 Å². The number of amides is 1. The maximum atomic E-state index is 12.9. The minimum absolute atomic E-state index is 0.172. The fraction of sp³-hybridized carbons (Fsp3) is 0.233. The highest BCUT2D eigenvalue weighted by molar-refractivity contribution is 5.98. The first-order chi connectivity index (χ1) is 17.5. The van der Waals surface area contributed by atoms with E-state index in [2.05, 4.69) is 10.3 Å². The SMILES string of the molecule is O=C(N[C@@H](Cc1ccc(-c2ccccc2)cc1)C(=O)O)c1cc2ccc(OC3CCCC3)cc2cn1. The maximum Gasteiger partial charge on any atom is 0.326 e. The normalized spacial score (nSPS) is 14.4. The van der Waals surface area contributed by atoms with Crippen molar-refractivity contribution in [3.8, 4) is 16.9 Å². The number of nitrogens with one attached hydrogen (secondary N) is 1. The van der Waals surface area contributed by atoms with Gasteiger partial charge in [-0.05, 0) is 66.0 Å². The van der Waals surface area contributed by atoms with Crippen LogP contribution in [-0.4, -0.2) is 34.1 Å². The molecule has 1 fully saturated rings. The summed E-state index contributed by atoms with van der Waals surface area (Å²) in [5, 5.41) is 14.1. The maximum absolute atomic E-state index is 12.9. The van der Waals surface area contributed by atoms with Gasteiger partial charge < -0.3 is 15.2 Å². The molecular weight excluding hydrogens is 452 g/mol. The van der Waals surface area contributed by atoms with Gasteiger partial charge in [0.15, 0.2) is 0 Å². The Morgan fingerprint density at radius 3 is 2.36 bits per heavy atom. The molecule has 0 spiro atoms. The summed E-state index contributed by atoms with van der Waals surface area (Å²) < 4.78 is 6.06. The third-order valence-electron chi connectivity index (χ3n) is 6.64. The second kappa shape index (κ2) is 10.6. The zero-order chi connectivity index (χ0) is 24.9. The van der Waals surface area contributed by atoms with Crippen molar-refractivity contribution in [2.24, 2.45) is 0 Å². The molecule has 3 aromatic carbocycles. The van der Waals surface area contributed by atoms with E-state index in [9.17, 15) is 14.7 Å². The molecule has 5 rings (SSSR count). The van der Waals surface area contributed by atoms with Crippen LogP contribution >= 0.6 is 0 Å². The Kier molecular flexibility index (Phi) is 6.94. The number of carbonyl (C=O) groups is 2. The topological polar surface area (TPSA) is 88.5 Å². The summed E-state index contributed by atoms with van der Waals surface area (Å²) in [5.41, 5.74) is 3.14. The Hall–Kier alpha value is -4.19. The van der Waals surface area contributed by atoms with Crippen LogP contribution in [0.3, 0.4) is 0 Å². The first-order valence-corrected chi connectivity index (χ1v) is 12.3. The number of benzene rings is 3. The third-order valence-corrected chi connectivity index (χ3v) is 6.64. The molecule has 1 atom stereocenters. The van der Waals surface area contributed by atoms with Gasteiger partial charge in [0.05, 0.1) is 6.10 Å². The van der Waals surface area contributed by atoms with E-state index >= 15 is 0 Å². The summed E-state index contributed by atoms with van der Waals surface area (Å²) in [5.74, 6) is -0.806. The second-order valence-corrected chi connectivity index (χ2v) is 9.23. The van der Waals surface area contributed by atoms with E-state index in [1.807, 2.05) is 72.8 Å². The van der Waals surface area contributed by atoms with Gasteiger partial charge in [-0.25, -0.2) is 4.79 Å². The minimum atomic E-state index is -1.09. The predicted octanol–water partition coefficient (Wildman–Crippen LogP) is 5.65. The molecule has 0 saturated heterocycles. The number of rotatable bonds is 8. The number of nitrogens with zero attached hydrogens (tertiary/aromatic N) is 1. The van der Waals surface area contributed by atoms with Crippen molar-refractivity contribution in [3.63, 3.8) is 0 Å². The number of aromatic nitrogens is 1. The fourth-order valence-corrected chi connectivity index (χ4v) is 4.65. The average Bonchev–Trinajstić information content (AvgIpc) is 3.42. The van der Waals surface area contributed by atoms with Gasteiger partial charge in [0.1, 0.15) is 17.5 Å². The summed E-state index contributed by atoms with van der Waals surface area (Å²) in [6.07, 6.45) is 6.63. The van der Waals surface area contributed by atoms with Crippen molar-refractivity contribution >= 4 is 22.6 Å². The Bertz CT molecular complexity index is 1360. The lowest BCUT2D eigenvalue weighted by atomic mass is 10.0. The van der Waals surface area contributed by atoms with E-state index in [1.165, 1.54) is 12.8 Å². The van der Waals surface area contributed by atoms with E-state index in [0.29, 0.717) is 0 Å². The number of ether oxygens (including phenoxy) is 1. The van der Waals surface area contributed by atoms with Crippen LogP contribution in [0.2, 0.25) is 0 Å². The number of hydrogen-bond acceptors (Lipinski definition) is 4. The molecule has 1 saturated carbocycles. The van der Waals surface area contributed by atoms with Gasteiger partial charge in [-0.2, -0.15) is 0 Å². The number of carboxylic acids is 1. The molecule has 1 aliphatic rings. The smallest absolute Gasteiger partial charge is 0.326 e. The molecule has 1 amide bonds. The summed E-state index contributed by atoms with van der Waals surface area (Å²) >= 11 is 0. The quantitative estimate of drug-likeness (QED) is 0.340. The van der Waals surface area contributed by atoms with E-state index < -0.39 is 17.9 Å². The van der Waals surface area contributed by atoms with Crippen molar-refractivity contribution < 1.29 is 19.4 Å². The van der Waals surface area contributed by atoms with Crippen molar-refractivity contribution in [2.75, 3.05) is 0 Å². The zero-order valence-electron chi connectivity index (χ0n) is 19.9. The second-order valence-electron chi connectivity index (χ2n) is 9.23. The lowest BCUT2D eigenvalue weighted by Crippen LogP contribution is -2.42. The molecule has 1 aromatic heterocycles. The van der Waals surface area contributed by atoms with Crippen LogP contribution in [0.15, 0.2) is 85.1 Å². The molecule has 182 valence electrons. The number of carboxylic acid groups (broad SMARTS) is 1. The summed E-state index contributed by atoms with van der Waals surface area (Å²) in [4.78, 5) is 29.1. The molecule has 36 heavy (non-hydrogen) atoms. The van der Waals surface area contributed by atoms with Gasteiger partial charge in [0.25, 0.3) is 5.91 Å². The highest BCUT2D eigenvalue weighted by Crippen LogP contribution is 2.27. The predicted molar refractivity (Wildman–Crippen MR) is 139 cm³/mol. The highest BCUT2D eigenvalue weighted by atomic mass is 16.5. The number of fused-ring (bicyclic) bond motifs is 1. The number of pyridine rings is 1. The Balaban J connectivity index is 1.26. The van der Waals surface area contributed by atoms with Crippen LogP contribution in [0.5, 0.6) is 5.75 Å². The summed E-state index contributed by atoms with van der Waals surface area (Å²) in [7, 11) is 0. The van der Waals surface area contributed by atoms with Gasteiger partial charge >= 0.3 is 5.97 Å². The molecule has 6 nitrogen and oxygen atoms in total. The number of carbonyl (C=O) groups excluding carboxylic acids is 1. The summed E-state index contributed by atoms with van der Waals surface area (Å²) in [6, 6.07) is 24.0. The molecule has 0 aliphatic heterocycles.